The number of hydrogen-bond acceptors (Lipinski definition) is 5. The van der Waals surface area contributed by atoms with E-state index in [0.717, 1.165) is 22.1 Å². The first kappa shape index (κ1) is 20.4. The minimum Gasteiger partial charge on any atom is -0.497 e. The zero-order valence-corrected chi connectivity index (χ0v) is 18.0. The van der Waals surface area contributed by atoms with Gasteiger partial charge in [-0.2, -0.15) is 4.31 Å². The fraction of sp³-hybridized carbons (Fsp3) is 0.318. The highest BCUT2D eigenvalue weighted by Gasteiger charge is 2.32. The SMILES string of the molecule is COc1ccc(S(=O)(=O)N2CCN(C(=O)c3oc4c(C)cccc4c3C)CC2)cc1. The van der Waals surface area contributed by atoms with Crippen LogP contribution in [0.5, 0.6) is 5.75 Å². The van der Waals surface area contributed by atoms with Gasteiger partial charge in [0, 0.05) is 37.1 Å². The molecule has 0 spiro atoms. The number of carbonyl (C=O) groups excluding carboxylic acids is 1. The number of rotatable bonds is 4. The molecule has 0 radical (unpaired) electrons. The van der Waals surface area contributed by atoms with Crippen molar-refractivity contribution >= 4 is 26.9 Å². The number of piperazine rings is 1. The highest BCUT2D eigenvalue weighted by Crippen LogP contribution is 2.29. The Morgan fingerprint density at radius 3 is 2.27 bits per heavy atom. The number of methoxy groups -OCH3 is 1. The molecule has 0 atom stereocenters. The summed E-state index contributed by atoms with van der Waals surface area (Å²) in [6.07, 6.45) is 0. The molecule has 30 heavy (non-hydrogen) atoms. The standard InChI is InChI=1S/C22H24N2O5S/c1-15-5-4-6-19-16(2)21(29-20(15)19)22(25)23-11-13-24(14-12-23)30(26,27)18-9-7-17(28-3)8-10-18/h4-10H,11-14H2,1-3H3. The summed E-state index contributed by atoms with van der Waals surface area (Å²) in [5.41, 5.74) is 2.51. The summed E-state index contributed by atoms with van der Waals surface area (Å²) in [5, 5.41) is 0.930. The molecule has 1 fully saturated rings. The molecule has 4 rings (SSSR count). The van der Waals surface area contributed by atoms with E-state index in [4.69, 9.17) is 9.15 Å². The van der Waals surface area contributed by atoms with Gasteiger partial charge >= 0.3 is 0 Å². The quantitative estimate of drug-likeness (QED) is 0.638. The molecule has 3 aromatic rings. The summed E-state index contributed by atoms with van der Waals surface area (Å²) in [4.78, 5) is 14.9. The molecule has 1 aliphatic rings. The largest absolute Gasteiger partial charge is 0.497 e. The van der Waals surface area contributed by atoms with Crippen molar-refractivity contribution in [2.45, 2.75) is 18.7 Å². The molecule has 0 N–H and O–H groups in total. The third-order valence-corrected chi connectivity index (χ3v) is 7.49. The fourth-order valence-corrected chi connectivity index (χ4v) is 5.18. The maximum absolute atomic E-state index is 13.0. The Hall–Kier alpha value is -2.84. The Morgan fingerprint density at radius 2 is 1.67 bits per heavy atom. The Balaban J connectivity index is 1.50. The van der Waals surface area contributed by atoms with Crippen LogP contribution in [0, 0.1) is 13.8 Å². The number of sulfonamides is 1. The molecule has 0 saturated carbocycles. The van der Waals surface area contributed by atoms with Crippen LogP contribution in [0.15, 0.2) is 51.8 Å². The molecule has 0 bridgehead atoms. The van der Waals surface area contributed by atoms with Crippen molar-refractivity contribution in [1.82, 2.24) is 9.21 Å². The molecule has 158 valence electrons. The number of ether oxygens (including phenoxy) is 1. The zero-order chi connectivity index (χ0) is 21.5. The third-order valence-electron chi connectivity index (χ3n) is 5.58. The van der Waals surface area contributed by atoms with E-state index in [-0.39, 0.29) is 23.9 Å². The van der Waals surface area contributed by atoms with Crippen LogP contribution in [0.2, 0.25) is 0 Å². The lowest BCUT2D eigenvalue weighted by molar-refractivity contribution is 0.0667. The van der Waals surface area contributed by atoms with Crippen LogP contribution in [0.25, 0.3) is 11.0 Å². The lowest BCUT2D eigenvalue weighted by Crippen LogP contribution is -2.50. The van der Waals surface area contributed by atoms with Gasteiger partial charge in [-0.3, -0.25) is 4.79 Å². The third kappa shape index (κ3) is 3.46. The second-order valence-corrected chi connectivity index (χ2v) is 9.32. The van der Waals surface area contributed by atoms with Crippen LogP contribution in [-0.4, -0.2) is 56.8 Å². The van der Waals surface area contributed by atoms with E-state index < -0.39 is 10.0 Å². The highest BCUT2D eigenvalue weighted by molar-refractivity contribution is 7.89. The Bertz CT molecular complexity index is 1190. The maximum Gasteiger partial charge on any atom is 0.289 e. The van der Waals surface area contributed by atoms with Crippen molar-refractivity contribution in [1.29, 1.82) is 0 Å². The monoisotopic (exact) mass is 428 g/mol. The van der Waals surface area contributed by atoms with E-state index in [0.29, 0.717) is 24.6 Å². The van der Waals surface area contributed by atoms with Crippen molar-refractivity contribution in [3.63, 3.8) is 0 Å². The molecule has 1 saturated heterocycles. The first-order valence-corrected chi connectivity index (χ1v) is 11.2. The molecule has 2 heterocycles. The van der Waals surface area contributed by atoms with Crippen LogP contribution in [0.4, 0.5) is 0 Å². The number of nitrogens with zero attached hydrogens (tertiary/aromatic N) is 2. The smallest absolute Gasteiger partial charge is 0.289 e. The van der Waals surface area contributed by atoms with Gasteiger partial charge in [0.1, 0.15) is 11.3 Å². The van der Waals surface area contributed by atoms with E-state index in [1.165, 1.54) is 23.5 Å². The lowest BCUT2D eigenvalue weighted by Gasteiger charge is -2.33. The molecular formula is C22H24N2O5S. The number of para-hydroxylation sites is 1. The summed E-state index contributed by atoms with van der Waals surface area (Å²) in [7, 11) is -2.09. The Labute approximate surface area is 175 Å². The minimum atomic E-state index is -3.62. The number of fused-ring (bicyclic) bond motifs is 1. The van der Waals surface area contributed by atoms with Crippen LogP contribution in [0.3, 0.4) is 0 Å². The van der Waals surface area contributed by atoms with Crippen LogP contribution in [0.1, 0.15) is 21.7 Å². The van der Waals surface area contributed by atoms with Crippen LogP contribution in [-0.2, 0) is 10.0 Å². The lowest BCUT2D eigenvalue weighted by atomic mass is 10.1. The number of benzene rings is 2. The van der Waals surface area contributed by atoms with Gasteiger partial charge in [-0.15, -0.1) is 0 Å². The minimum absolute atomic E-state index is 0.204. The van der Waals surface area contributed by atoms with E-state index in [9.17, 15) is 13.2 Å². The zero-order valence-electron chi connectivity index (χ0n) is 17.2. The molecule has 8 heteroatoms. The van der Waals surface area contributed by atoms with Crippen molar-refractivity contribution in [2.75, 3.05) is 33.3 Å². The fourth-order valence-electron chi connectivity index (χ4n) is 3.76. The highest BCUT2D eigenvalue weighted by atomic mass is 32.2. The van der Waals surface area contributed by atoms with Gasteiger partial charge in [-0.1, -0.05) is 18.2 Å². The normalized spacial score (nSPS) is 15.5. The molecule has 0 unspecified atom stereocenters. The molecule has 7 nitrogen and oxygen atoms in total. The van der Waals surface area contributed by atoms with Gasteiger partial charge in [-0.25, -0.2) is 8.42 Å². The Morgan fingerprint density at radius 1 is 1.00 bits per heavy atom. The number of carbonyl (C=O) groups is 1. The van der Waals surface area contributed by atoms with Crippen molar-refractivity contribution in [3.05, 3.63) is 59.4 Å². The summed E-state index contributed by atoms with van der Waals surface area (Å²) < 4.78 is 38.2. The average Bonchev–Trinajstić information content (AvgIpc) is 3.11. The second-order valence-electron chi connectivity index (χ2n) is 7.38. The summed E-state index contributed by atoms with van der Waals surface area (Å²) in [6, 6.07) is 12.1. The molecular weight excluding hydrogens is 404 g/mol. The summed E-state index contributed by atoms with van der Waals surface area (Å²) in [6.45, 7) is 4.91. The van der Waals surface area contributed by atoms with Gasteiger partial charge in [0.2, 0.25) is 10.0 Å². The average molecular weight is 429 g/mol. The van der Waals surface area contributed by atoms with Gasteiger partial charge < -0.3 is 14.1 Å². The number of amides is 1. The van der Waals surface area contributed by atoms with Crippen LogP contribution >= 0.6 is 0 Å². The van der Waals surface area contributed by atoms with Crippen molar-refractivity contribution in [2.24, 2.45) is 0 Å². The molecule has 1 aliphatic heterocycles. The number of aryl methyl sites for hydroxylation is 2. The number of furan rings is 1. The predicted octanol–water partition coefficient (Wildman–Crippen LogP) is 3.20. The molecule has 2 aromatic carbocycles. The van der Waals surface area contributed by atoms with Gasteiger partial charge in [0.25, 0.3) is 5.91 Å². The molecule has 1 amide bonds. The summed E-state index contributed by atoms with van der Waals surface area (Å²) in [5.74, 6) is 0.719. The topological polar surface area (TPSA) is 80.1 Å². The Kier molecular flexibility index (Phi) is 5.29. The molecule has 1 aromatic heterocycles. The summed E-state index contributed by atoms with van der Waals surface area (Å²) >= 11 is 0. The van der Waals surface area contributed by atoms with Crippen molar-refractivity contribution in [3.8, 4) is 5.75 Å². The second kappa shape index (κ2) is 7.77. The predicted molar refractivity (Wildman–Crippen MR) is 113 cm³/mol. The van der Waals surface area contributed by atoms with Gasteiger partial charge in [0.15, 0.2) is 5.76 Å². The van der Waals surface area contributed by atoms with Gasteiger partial charge in [-0.05, 0) is 43.7 Å². The first-order chi connectivity index (χ1) is 14.3. The van der Waals surface area contributed by atoms with E-state index in [2.05, 4.69) is 0 Å². The van der Waals surface area contributed by atoms with E-state index in [1.54, 1.807) is 17.0 Å². The number of hydrogen-bond donors (Lipinski definition) is 0. The molecule has 0 aliphatic carbocycles. The van der Waals surface area contributed by atoms with E-state index >= 15 is 0 Å². The maximum atomic E-state index is 13.0. The van der Waals surface area contributed by atoms with Gasteiger partial charge in [0.05, 0.1) is 12.0 Å². The van der Waals surface area contributed by atoms with E-state index in [1.807, 2.05) is 32.0 Å². The van der Waals surface area contributed by atoms with Crippen molar-refractivity contribution < 1.29 is 22.4 Å². The first-order valence-electron chi connectivity index (χ1n) is 9.75. The van der Waals surface area contributed by atoms with Crippen LogP contribution < -0.4 is 4.74 Å².